The zero-order valence-electron chi connectivity index (χ0n) is 9.83. The largest absolute Gasteiger partial charge is 0.494 e. The molecule has 2 aromatic heterocycles. The Morgan fingerprint density at radius 1 is 1.35 bits per heavy atom. The molecular weight excluding hydrogens is 220 g/mol. The average molecular weight is 234 g/mol. The highest BCUT2D eigenvalue weighted by molar-refractivity contribution is 5.62. The maximum atomic E-state index is 5.25. The molecule has 17 heavy (non-hydrogen) atoms. The summed E-state index contributed by atoms with van der Waals surface area (Å²) < 4.78 is 12.2. The molecule has 2 heterocycles. The molecule has 0 N–H and O–H groups in total. The van der Waals surface area contributed by atoms with Gasteiger partial charge >= 0.3 is 0 Å². The van der Waals surface area contributed by atoms with Gasteiger partial charge in [0.05, 0.1) is 25.5 Å². The molecule has 0 radical (unpaired) electrons. The minimum atomic E-state index is 0.610. The van der Waals surface area contributed by atoms with Crippen molar-refractivity contribution < 1.29 is 9.47 Å². The Balaban J connectivity index is 2.35. The minimum Gasteiger partial charge on any atom is -0.494 e. The number of hydrogen-bond donors (Lipinski definition) is 0. The summed E-state index contributed by atoms with van der Waals surface area (Å²) in [5.74, 6) is 1.43. The quantitative estimate of drug-likeness (QED) is 0.772. The summed E-state index contributed by atoms with van der Waals surface area (Å²) in [6.07, 6.45) is 5.03. The standard InChI is InChI=1S/C11H14N4O2/c1-16-6-5-15-8-13-14-11(15)9-3-4-12-7-10(9)17-2/h3-4,7-8H,5-6H2,1-2H3. The smallest absolute Gasteiger partial charge is 0.167 e. The van der Waals surface area contributed by atoms with Gasteiger partial charge in [0.1, 0.15) is 12.1 Å². The number of rotatable bonds is 5. The summed E-state index contributed by atoms with van der Waals surface area (Å²) in [7, 11) is 3.27. The molecule has 0 bridgehead atoms. The van der Waals surface area contributed by atoms with E-state index in [0.29, 0.717) is 18.9 Å². The fourth-order valence-corrected chi connectivity index (χ4v) is 1.54. The van der Waals surface area contributed by atoms with Gasteiger partial charge in [0, 0.05) is 19.9 Å². The molecular formula is C11H14N4O2. The van der Waals surface area contributed by atoms with E-state index < -0.39 is 0 Å². The van der Waals surface area contributed by atoms with Gasteiger partial charge in [-0.05, 0) is 6.07 Å². The monoisotopic (exact) mass is 234 g/mol. The normalized spacial score (nSPS) is 10.5. The molecule has 0 unspecified atom stereocenters. The third-order valence-electron chi connectivity index (χ3n) is 2.40. The highest BCUT2D eigenvalue weighted by Crippen LogP contribution is 2.26. The highest BCUT2D eigenvalue weighted by atomic mass is 16.5. The lowest BCUT2D eigenvalue weighted by Crippen LogP contribution is -2.05. The highest BCUT2D eigenvalue weighted by Gasteiger charge is 2.12. The summed E-state index contributed by atoms with van der Waals surface area (Å²) >= 11 is 0. The molecule has 6 heteroatoms. The molecule has 0 aliphatic heterocycles. The molecule has 90 valence electrons. The van der Waals surface area contributed by atoms with Crippen molar-refractivity contribution in [3.63, 3.8) is 0 Å². The summed E-state index contributed by atoms with van der Waals surface area (Å²) in [4.78, 5) is 4.01. The van der Waals surface area contributed by atoms with Crippen LogP contribution in [0.5, 0.6) is 5.75 Å². The van der Waals surface area contributed by atoms with Crippen LogP contribution >= 0.6 is 0 Å². The Kier molecular flexibility index (Phi) is 3.66. The maximum absolute atomic E-state index is 5.25. The summed E-state index contributed by atoms with van der Waals surface area (Å²) in [6.45, 7) is 1.31. The number of hydrogen-bond acceptors (Lipinski definition) is 5. The number of pyridine rings is 1. The van der Waals surface area contributed by atoms with Gasteiger partial charge in [0.2, 0.25) is 0 Å². The Morgan fingerprint density at radius 3 is 3.00 bits per heavy atom. The molecule has 2 rings (SSSR count). The van der Waals surface area contributed by atoms with Crippen LogP contribution in [0, 0.1) is 0 Å². The minimum absolute atomic E-state index is 0.610. The first-order valence-corrected chi connectivity index (χ1v) is 5.22. The van der Waals surface area contributed by atoms with Crippen molar-refractivity contribution in [1.29, 1.82) is 0 Å². The topological polar surface area (TPSA) is 62.1 Å². The van der Waals surface area contributed by atoms with Gasteiger partial charge in [-0.15, -0.1) is 10.2 Å². The molecule has 0 saturated heterocycles. The number of ether oxygens (including phenoxy) is 2. The van der Waals surface area contributed by atoms with E-state index in [-0.39, 0.29) is 0 Å². The maximum Gasteiger partial charge on any atom is 0.167 e. The van der Waals surface area contributed by atoms with Crippen LogP contribution in [-0.2, 0) is 11.3 Å². The van der Waals surface area contributed by atoms with Crippen molar-refractivity contribution in [1.82, 2.24) is 19.7 Å². The van der Waals surface area contributed by atoms with E-state index in [9.17, 15) is 0 Å². The predicted molar refractivity (Wildman–Crippen MR) is 61.7 cm³/mol. The van der Waals surface area contributed by atoms with Crippen molar-refractivity contribution in [2.24, 2.45) is 0 Å². The SMILES string of the molecule is COCCn1cnnc1-c1ccncc1OC. The lowest BCUT2D eigenvalue weighted by atomic mass is 10.2. The van der Waals surface area contributed by atoms with Crippen LogP contribution in [0.1, 0.15) is 0 Å². The molecule has 0 aliphatic rings. The van der Waals surface area contributed by atoms with Gasteiger partial charge in [0.25, 0.3) is 0 Å². The molecule has 0 fully saturated rings. The van der Waals surface area contributed by atoms with E-state index in [1.165, 1.54) is 0 Å². The Hall–Kier alpha value is -1.95. The zero-order chi connectivity index (χ0) is 12.1. The van der Waals surface area contributed by atoms with Crippen molar-refractivity contribution >= 4 is 0 Å². The molecule has 0 amide bonds. The van der Waals surface area contributed by atoms with Crippen molar-refractivity contribution in [2.75, 3.05) is 20.8 Å². The average Bonchev–Trinajstić information content (AvgIpc) is 2.84. The molecule has 6 nitrogen and oxygen atoms in total. The second-order valence-electron chi connectivity index (χ2n) is 3.42. The molecule has 0 spiro atoms. The van der Waals surface area contributed by atoms with E-state index in [1.54, 1.807) is 32.9 Å². The van der Waals surface area contributed by atoms with Crippen LogP contribution in [0.3, 0.4) is 0 Å². The van der Waals surface area contributed by atoms with Crippen molar-refractivity contribution in [2.45, 2.75) is 6.54 Å². The lowest BCUT2D eigenvalue weighted by Gasteiger charge is -2.08. The second-order valence-corrected chi connectivity index (χ2v) is 3.42. The Labute approximate surface area is 99.2 Å². The molecule has 0 atom stereocenters. The molecule has 0 saturated carbocycles. The van der Waals surface area contributed by atoms with Crippen molar-refractivity contribution in [3.05, 3.63) is 24.8 Å². The zero-order valence-corrected chi connectivity index (χ0v) is 9.83. The lowest BCUT2D eigenvalue weighted by molar-refractivity contribution is 0.187. The Morgan fingerprint density at radius 2 is 2.24 bits per heavy atom. The first-order chi connectivity index (χ1) is 8.36. The Bertz CT molecular complexity index is 484. The summed E-state index contributed by atoms with van der Waals surface area (Å²) in [5, 5.41) is 8.01. The number of methoxy groups -OCH3 is 2. The van der Waals surface area contributed by atoms with Crippen LogP contribution in [0.15, 0.2) is 24.8 Å². The number of aromatic nitrogens is 4. The fourth-order valence-electron chi connectivity index (χ4n) is 1.54. The fraction of sp³-hybridized carbons (Fsp3) is 0.364. The second kappa shape index (κ2) is 5.40. The van der Waals surface area contributed by atoms with Gasteiger partial charge in [0.15, 0.2) is 5.82 Å². The van der Waals surface area contributed by atoms with Gasteiger partial charge in [-0.25, -0.2) is 0 Å². The van der Waals surface area contributed by atoms with E-state index in [1.807, 2.05) is 10.6 Å². The molecule has 0 aliphatic carbocycles. The van der Waals surface area contributed by atoms with Crippen LogP contribution in [0.4, 0.5) is 0 Å². The summed E-state index contributed by atoms with van der Waals surface area (Å²) in [5.41, 5.74) is 0.871. The van der Waals surface area contributed by atoms with Gasteiger partial charge in [-0.1, -0.05) is 0 Å². The van der Waals surface area contributed by atoms with Crippen LogP contribution in [0.25, 0.3) is 11.4 Å². The number of nitrogens with zero attached hydrogens (tertiary/aromatic N) is 4. The molecule has 0 aromatic carbocycles. The van der Waals surface area contributed by atoms with E-state index in [0.717, 1.165) is 11.4 Å². The molecule has 2 aromatic rings. The first kappa shape index (κ1) is 11.5. The first-order valence-electron chi connectivity index (χ1n) is 5.22. The summed E-state index contributed by atoms with van der Waals surface area (Å²) in [6, 6.07) is 1.85. The van der Waals surface area contributed by atoms with E-state index in [2.05, 4.69) is 15.2 Å². The van der Waals surface area contributed by atoms with E-state index >= 15 is 0 Å². The van der Waals surface area contributed by atoms with E-state index in [4.69, 9.17) is 9.47 Å². The van der Waals surface area contributed by atoms with Crippen LogP contribution in [0.2, 0.25) is 0 Å². The van der Waals surface area contributed by atoms with Gasteiger partial charge < -0.3 is 14.0 Å². The van der Waals surface area contributed by atoms with Gasteiger partial charge in [-0.2, -0.15) is 0 Å². The van der Waals surface area contributed by atoms with Crippen LogP contribution in [-0.4, -0.2) is 40.6 Å². The van der Waals surface area contributed by atoms with Gasteiger partial charge in [-0.3, -0.25) is 4.98 Å². The van der Waals surface area contributed by atoms with Crippen molar-refractivity contribution in [3.8, 4) is 17.1 Å². The van der Waals surface area contributed by atoms with Crippen LogP contribution < -0.4 is 4.74 Å². The third kappa shape index (κ3) is 2.42. The third-order valence-corrected chi connectivity index (χ3v) is 2.40. The predicted octanol–water partition coefficient (Wildman–Crippen LogP) is 0.995.